The van der Waals surface area contributed by atoms with E-state index in [0.29, 0.717) is 6.54 Å². The van der Waals surface area contributed by atoms with Crippen LogP contribution >= 0.6 is 0 Å². The molecule has 0 saturated carbocycles. The van der Waals surface area contributed by atoms with Crippen LogP contribution in [0.15, 0.2) is 12.2 Å². The Kier molecular flexibility index (Phi) is 3.04. The van der Waals surface area contributed by atoms with Crippen LogP contribution in [0.5, 0.6) is 0 Å². The number of amides is 2. The predicted molar refractivity (Wildman–Crippen MR) is 56.2 cm³/mol. The lowest BCUT2D eigenvalue weighted by Gasteiger charge is -2.25. The van der Waals surface area contributed by atoms with Crippen molar-refractivity contribution in [1.29, 1.82) is 0 Å². The van der Waals surface area contributed by atoms with Crippen LogP contribution in [0.1, 0.15) is 19.3 Å². The second-order valence-electron chi connectivity index (χ2n) is 4.04. The van der Waals surface area contributed by atoms with Crippen LogP contribution in [0.2, 0.25) is 0 Å². The van der Waals surface area contributed by atoms with Gasteiger partial charge in [-0.2, -0.15) is 0 Å². The maximum absolute atomic E-state index is 11.8. The fraction of sp³-hybridized carbons (Fsp3) is 0.636. The Balaban J connectivity index is 1.87. The average molecular weight is 208 g/mol. The van der Waals surface area contributed by atoms with Crippen LogP contribution in [0.25, 0.3) is 0 Å². The van der Waals surface area contributed by atoms with Crippen LogP contribution in [0.4, 0.5) is 0 Å². The second-order valence-corrected chi connectivity index (χ2v) is 4.04. The first-order valence-electron chi connectivity index (χ1n) is 5.50. The van der Waals surface area contributed by atoms with E-state index in [-0.39, 0.29) is 18.4 Å². The quantitative estimate of drug-likeness (QED) is 0.659. The monoisotopic (exact) mass is 208 g/mol. The van der Waals surface area contributed by atoms with Crippen molar-refractivity contribution in [3.63, 3.8) is 0 Å². The van der Waals surface area contributed by atoms with Gasteiger partial charge in [0.15, 0.2) is 0 Å². The smallest absolute Gasteiger partial charge is 0.246 e. The summed E-state index contributed by atoms with van der Waals surface area (Å²) in [6, 6.07) is 0. The lowest BCUT2D eigenvalue weighted by molar-refractivity contribution is -0.137. The second kappa shape index (κ2) is 4.47. The summed E-state index contributed by atoms with van der Waals surface area (Å²) in [5.74, 6) is 0.0601. The first kappa shape index (κ1) is 10.2. The van der Waals surface area contributed by atoms with Gasteiger partial charge in [-0.1, -0.05) is 6.08 Å². The van der Waals surface area contributed by atoms with E-state index in [1.54, 1.807) is 11.0 Å². The summed E-state index contributed by atoms with van der Waals surface area (Å²) < 4.78 is 0. The third-order valence-corrected chi connectivity index (χ3v) is 2.92. The average Bonchev–Trinajstić information content (AvgIpc) is 2.74. The SMILES string of the molecule is O=C1C=CCCN1CC(=O)N1CCCC1. The summed E-state index contributed by atoms with van der Waals surface area (Å²) in [5, 5.41) is 0. The molecule has 1 fully saturated rings. The molecule has 2 aliphatic heterocycles. The van der Waals surface area contributed by atoms with E-state index in [1.807, 2.05) is 11.0 Å². The number of carbonyl (C=O) groups excluding carboxylic acids is 2. The Morgan fingerprint density at radius 3 is 2.67 bits per heavy atom. The number of nitrogens with zero attached hydrogens (tertiary/aromatic N) is 2. The third kappa shape index (κ3) is 2.37. The zero-order chi connectivity index (χ0) is 10.7. The molecule has 0 aromatic heterocycles. The number of rotatable bonds is 2. The summed E-state index contributed by atoms with van der Waals surface area (Å²) in [7, 11) is 0. The molecule has 4 heteroatoms. The van der Waals surface area contributed by atoms with Crippen molar-refractivity contribution >= 4 is 11.8 Å². The predicted octanol–water partition coefficient (Wildman–Crippen LogP) is 0.397. The topological polar surface area (TPSA) is 40.6 Å². The summed E-state index contributed by atoms with van der Waals surface area (Å²) in [5.41, 5.74) is 0. The highest BCUT2D eigenvalue weighted by Gasteiger charge is 2.22. The standard InChI is InChI=1S/C11H16N2O2/c14-10-5-1-2-8-13(10)9-11(15)12-6-3-4-7-12/h1,5H,2-4,6-9H2. The molecular formula is C11H16N2O2. The van der Waals surface area contributed by atoms with Crippen LogP contribution in [0.3, 0.4) is 0 Å². The van der Waals surface area contributed by atoms with Gasteiger partial charge in [-0.15, -0.1) is 0 Å². The highest BCUT2D eigenvalue weighted by molar-refractivity contribution is 5.91. The van der Waals surface area contributed by atoms with E-state index < -0.39 is 0 Å². The van der Waals surface area contributed by atoms with Crippen LogP contribution in [0, 0.1) is 0 Å². The number of carbonyl (C=O) groups is 2. The molecule has 0 spiro atoms. The fourth-order valence-corrected chi connectivity index (χ4v) is 2.02. The first-order chi connectivity index (χ1) is 7.27. The molecule has 0 radical (unpaired) electrons. The minimum Gasteiger partial charge on any atom is -0.341 e. The molecule has 2 amide bonds. The highest BCUT2D eigenvalue weighted by atomic mass is 16.2. The van der Waals surface area contributed by atoms with E-state index in [0.717, 1.165) is 32.4 Å². The molecule has 0 unspecified atom stereocenters. The van der Waals surface area contributed by atoms with Gasteiger partial charge < -0.3 is 9.80 Å². The van der Waals surface area contributed by atoms with Gasteiger partial charge in [-0.3, -0.25) is 9.59 Å². The van der Waals surface area contributed by atoms with Gasteiger partial charge in [0.25, 0.3) is 0 Å². The van der Waals surface area contributed by atoms with Gasteiger partial charge >= 0.3 is 0 Å². The van der Waals surface area contributed by atoms with Gasteiger partial charge in [0, 0.05) is 19.6 Å². The molecule has 15 heavy (non-hydrogen) atoms. The molecular weight excluding hydrogens is 192 g/mol. The van der Waals surface area contributed by atoms with Crippen molar-refractivity contribution in [2.45, 2.75) is 19.3 Å². The van der Waals surface area contributed by atoms with Crippen LogP contribution < -0.4 is 0 Å². The van der Waals surface area contributed by atoms with Crippen molar-refractivity contribution in [2.75, 3.05) is 26.2 Å². The summed E-state index contributed by atoms with van der Waals surface area (Å²) in [6.45, 7) is 2.64. The Hall–Kier alpha value is -1.32. The molecule has 82 valence electrons. The van der Waals surface area contributed by atoms with Crippen molar-refractivity contribution in [3.05, 3.63) is 12.2 Å². The Labute approximate surface area is 89.5 Å². The van der Waals surface area contributed by atoms with Crippen molar-refractivity contribution < 1.29 is 9.59 Å². The zero-order valence-corrected chi connectivity index (χ0v) is 8.82. The molecule has 0 aromatic rings. The van der Waals surface area contributed by atoms with E-state index in [4.69, 9.17) is 0 Å². The van der Waals surface area contributed by atoms with E-state index in [9.17, 15) is 9.59 Å². The third-order valence-electron chi connectivity index (χ3n) is 2.92. The van der Waals surface area contributed by atoms with Crippen LogP contribution in [-0.4, -0.2) is 47.8 Å². The maximum Gasteiger partial charge on any atom is 0.246 e. The van der Waals surface area contributed by atoms with E-state index >= 15 is 0 Å². The Morgan fingerprint density at radius 1 is 1.27 bits per heavy atom. The van der Waals surface area contributed by atoms with Crippen molar-refractivity contribution in [1.82, 2.24) is 9.80 Å². The van der Waals surface area contributed by atoms with Gasteiger partial charge in [0.1, 0.15) is 6.54 Å². The molecule has 2 aliphatic rings. The molecule has 2 rings (SSSR count). The number of hydrogen-bond donors (Lipinski definition) is 0. The molecule has 4 nitrogen and oxygen atoms in total. The van der Waals surface area contributed by atoms with E-state index in [2.05, 4.69) is 0 Å². The molecule has 1 saturated heterocycles. The lowest BCUT2D eigenvalue weighted by Crippen LogP contribution is -2.42. The molecule has 2 heterocycles. The maximum atomic E-state index is 11.8. The summed E-state index contributed by atoms with van der Waals surface area (Å²) in [6.07, 6.45) is 6.47. The lowest BCUT2D eigenvalue weighted by atomic mass is 10.2. The molecule has 0 aliphatic carbocycles. The molecule has 0 N–H and O–H groups in total. The Bertz CT molecular complexity index is 293. The minimum absolute atomic E-state index is 0.0335. The minimum atomic E-state index is -0.0335. The largest absolute Gasteiger partial charge is 0.341 e. The van der Waals surface area contributed by atoms with Gasteiger partial charge in [0.2, 0.25) is 11.8 Å². The van der Waals surface area contributed by atoms with Gasteiger partial charge in [0.05, 0.1) is 0 Å². The number of hydrogen-bond acceptors (Lipinski definition) is 2. The van der Waals surface area contributed by atoms with E-state index in [1.165, 1.54) is 0 Å². The van der Waals surface area contributed by atoms with Gasteiger partial charge in [-0.05, 0) is 25.3 Å². The Morgan fingerprint density at radius 2 is 2.00 bits per heavy atom. The first-order valence-corrected chi connectivity index (χ1v) is 5.50. The summed E-state index contributed by atoms with van der Waals surface area (Å²) in [4.78, 5) is 26.7. The highest BCUT2D eigenvalue weighted by Crippen LogP contribution is 2.09. The summed E-state index contributed by atoms with van der Waals surface area (Å²) >= 11 is 0. The molecule has 0 atom stereocenters. The molecule has 0 aromatic carbocycles. The van der Waals surface area contributed by atoms with Crippen molar-refractivity contribution in [2.24, 2.45) is 0 Å². The molecule has 0 bridgehead atoms. The fourth-order valence-electron chi connectivity index (χ4n) is 2.02. The van der Waals surface area contributed by atoms with Crippen LogP contribution in [-0.2, 0) is 9.59 Å². The van der Waals surface area contributed by atoms with Gasteiger partial charge in [-0.25, -0.2) is 0 Å². The zero-order valence-electron chi connectivity index (χ0n) is 8.82. The number of likely N-dealkylation sites (tertiary alicyclic amines) is 1. The normalized spacial score (nSPS) is 21.2. The van der Waals surface area contributed by atoms with Crippen molar-refractivity contribution in [3.8, 4) is 0 Å².